The standard InChI is InChI=1S/C28H20O3/c29-23-3-1-2-21-25(23)28(31)26-22(27(21)30)15-14-20-18-10-8-16-4-6-17(7-5-16)9-11-19(13-12-18)24(20)26/h1-7,12-15,29H,8-11H2. The molecule has 5 aliphatic carbocycles. The summed E-state index contributed by atoms with van der Waals surface area (Å²) in [5.74, 6) is -0.595. The van der Waals surface area contributed by atoms with Gasteiger partial charge in [0.1, 0.15) is 5.75 Å². The van der Waals surface area contributed by atoms with Crippen molar-refractivity contribution in [2.24, 2.45) is 0 Å². The van der Waals surface area contributed by atoms with Gasteiger partial charge in [-0.2, -0.15) is 0 Å². The van der Waals surface area contributed by atoms with Crippen LogP contribution in [-0.4, -0.2) is 16.7 Å². The SMILES string of the molecule is O=C1c2cccc(O)c2C(=O)c2c1ccc1c3ccc(c21)CCc1ccc(cc1)CC3. The number of hydrogen-bond donors (Lipinski definition) is 1. The number of phenols is 1. The first-order valence-electron chi connectivity index (χ1n) is 10.7. The van der Waals surface area contributed by atoms with Crippen LogP contribution in [0.1, 0.15) is 54.1 Å². The van der Waals surface area contributed by atoms with Crippen molar-refractivity contribution in [1.29, 1.82) is 0 Å². The Labute approximate surface area is 180 Å². The van der Waals surface area contributed by atoms with Gasteiger partial charge >= 0.3 is 0 Å². The molecule has 5 aliphatic rings. The molecule has 4 aromatic rings. The number of ketones is 2. The zero-order valence-electron chi connectivity index (χ0n) is 16.9. The Morgan fingerprint density at radius 2 is 1.23 bits per heavy atom. The van der Waals surface area contributed by atoms with Crippen LogP contribution in [0.15, 0.2) is 66.7 Å². The maximum atomic E-state index is 13.6. The van der Waals surface area contributed by atoms with E-state index in [4.69, 9.17) is 0 Å². The summed E-state index contributed by atoms with van der Waals surface area (Å²) in [6.45, 7) is 0. The Morgan fingerprint density at radius 1 is 0.581 bits per heavy atom. The third-order valence-corrected chi connectivity index (χ3v) is 6.73. The van der Waals surface area contributed by atoms with Crippen molar-refractivity contribution in [2.45, 2.75) is 25.7 Å². The molecule has 0 fully saturated rings. The van der Waals surface area contributed by atoms with E-state index in [1.54, 1.807) is 18.2 Å². The van der Waals surface area contributed by atoms with Gasteiger partial charge < -0.3 is 5.11 Å². The molecule has 1 N–H and O–H groups in total. The summed E-state index contributed by atoms with van der Waals surface area (Å²) < 4.78 is 0. The summed E-state index contributed by atoms with van der Waals surface area (Å²) in [4.78, 5) is 26.9. The molecule has 4 aromatic carbocycles. The van der Waals surface area contributed by atoms with Crippen molar-refractivity contribution < 1.29 is 14.7 Å². The number of carbonyl (C=O) groups excluding carboxylic acids is 2. The van der Waals surface area contributed by atoms with E-state index in [2.05, 4.69) is 36.4 Å². The van der Waals surface area contributed by atoms with Gasteiger partial charge in [-0.1, -0.05) is 54.6 Å². The lowest BCUT2D eigenvalue weighted by molar-refractivity contribution is 0.0978. The Kier molecular flexibility index (Phi) is 3.87. The van der Waals surface area contributed by atoms with Crippen molar-refractivity contribution in [3.8, 4) is 5.75 Å². The first-order valence-corrected chi connectivity index (χ1v) is 10.7. The summed E-state index contributed by atoms with van der Waals surface area (Å²) in [5, 5.41) is 12.3. The Morgan fingerprint density at radius 3 is 1.97 bits per heavy atom. The molecule has 0 saturated heterocycles. The summed E-state index contributed by atoms with van der Waals surface area (Å²) in [6.07, 6.45) is 3.42. The van der Waals surface area contributed by atoms with E-state index in [9.17, 15) is 14.7 Å². The highest BCUT2D eigenvalue weighted by atomic mass is 16.3. The average molecular weight is 404 g/mol. The van der Waals surface area contributed by atoms with Crippen LogP contribution in [0.5, 0.6) is 5.75 Å². The van der Waals surface area contributed by atoms with Crippen LogP contribution in [0.4, 0.5) is 0 Å². The number of carbonyl (C=O) groups is 2. The van der Waals surface area contributed by atoms with Crippen molar-refractivity contribution in [1.82, 2.24) is 0 Å². The van der Waals surface area contributed by atoms with Crippen molar-refractivity contribution >= 4 is 22.3 Å². The van der Waals surface area contributed by atoms with E-state index in [1.807, 2.05) is 6.07 Å². The van der Waals surface area contributed by atoms with Crippen LogP contribution < -0.4 is 0 Å². The second kappa shape index (κ2) is 6.64. The third-order valence-electron chi connectivity index (χ3n) is 6.73. The highest BCUT2D eigenvalue weighted by Crippen LogP contribution is 2.39. The molecule has 0 heterocycles. The molecule has 9 rings (SSSR count). The first-order chi connectivity index (χ1) is 15.1. The van der Waals surface area contributed by atoms with Crippen molar-refractivity contribution in [2.75, 3.05) is 0 Å². The summed E-state index contributed by atoms with van der Waals surface area (Å²) in [6, 6.07) is 21.5. The fourth-order valence-corrected chi connectivity index (χ4v) is 5.10. The predicted octanol–water partition coefficient (Wildman–Crippen LogP) is 5.20. The van der Waals surface area contributed by atoms with Crippen LogP contribution >= 0.6 is 0 Å². The highest BCUT2D eigenvalue weighted by molar-refractivity contribution is 6.33. The predicted molar refractivity (Wildman–Crippen MR) is 120 cm³/mol. The van der Waals surface area contributed by atoms with Crippen LogP contribution in [-0.2, 0) is 25.7 Å². The number of benzene rings is 4. The lowest BCUT2D eigenvalue weighted by Crippen LogP contribution is -2.22. The Hall–Kier alpha value is -3.72. The van der Waals surface area contributed by atoms with Gasteiger partial charge in [-0.25, -0.2) is 0 Å². The van der Waals surface area contributed by atoms with Crippen LogP contribution in [0.3, 0.4) is 0 Å². The lowest BCUT2D eigenvalue weighted by atomic mass is 9.78. The molecule has 0 aliphatic heterocycles. The number of aromatic hydroxyl groups is 1. The highest BCUT2D eigenvalue weighted by Gasteiger charge is 2.34. The van der Waals surface area contributed by atoms with Gasteiger partial charge in [0.25, 0.3) is 0 Å². The fourth-order valence-electron chi connectivity index (χ4n) is 5.10. The number of fused-ring (bicyclic) bond motifs is 2. The first kappa shape index (κ1) is 18.1. The second-order valence-corrected chi connectivity index (χ2v) is 8.47. The summed E-state index contributed by atoms with van der Waals surface area (Å²) in [7, 11) is 0. The largest absolute Gasteiger partial charge is 0.507 e. The van der Waals surface area contributed by atoms with E-state index in [0.717, 1.165) is 42.0 Å². The van der Waals surface area contributed by atoms with Gasteiger partial charge in [0.2, 0.25) is 0 Å². The number of aryl methyl sites for hydroxylation is 4. The van der Waals surface area contributed by atoms with E-state index < -0.39 is 0 Å². The van der Waals surface area contributed by atoms with Gasteiger partial charge in [0, 0.05) is 16.7 Å². The molecule has 0 aromatic heterocycles. The van der Waals surface area contributed by atoms with Gasteiger partial charge in [-0.3, -0.25) is 9.59 Å². The molecule has 3 nitrogen and oxygen atoms in total. The second-order valence-electron chi connectivity index (χ2n) is 8.47. The van der Waals surface area contributed by atoms with Crippen LogP contribution in [0, 0.1) is 0 Å². The Bertz CT molecular complexity index is 1410. The molecule has 0 saturated carbocycles. The zero-order valence-corrected chi connectivity index (χ0v) is 16.9. The number of hydrogen-bond acceptors (Lipinski definition) is 3. The minimum Gasteiger partial charge on any atom is -0.507 e. The molecular weight excluding hydrogens is 384 g/mol. The molecule has 0 unspecified atom stereocenters. The van der Waals surface area contributed by atoms with Crippen molar-refractivity contribution in [3.05, 3.63) is 111 Å². The maximum Gasteiger partial charge on any atom is 0.198 e. The molecule has 4 bridgehead atoms. The van der Waals surface area contributed by atoms with E-state index >= 15 is 0 Å². The molecule has 150 valence electrons. The smallest absolute Gasteiger partial charge is 0.198 e. The topological polar surface area (TPSA) is 54.4 Å². The van der Waals surface area contributed by atoms with E-state index in [0.29, 0.717) is 11.1 Å². The van der Waals surface area contributed by atoms with Gasteiger partial charge in [0.15, 0.2) is 11.6 Å². The maximum absolute atomic E-state index is 13.6. The van der Waals surface area contributed by atoms with Crippen LogP contribution in [0.25, 0.3) is 10.8 Å². The molecule has 0 amide bonds. The van der Waals surface area contributed by atoms with E-state index in [-0.39, 0.29) is 28.4 Å². The minimum atomic E-state index is -0.262. The number of phenolic OH excluding ortho intramolecular Hbond substituents is 1. The quantitative estimate of drug-likeness (QED) is 0.386. The summed E-state index contributed by atoms with van der Waals surface area (Å²) >= 11 is 0. The van der Waals surface area contributed by atoms with Gasteiger partial charge in [-0.05, 0) is 70.8 Å². The zero-order chi connectivity index (χ0) is 21.1. The third kappa shape index (κ3) is 2.66. The Balaban J connectivity index is 1.64. The molecule has 0 atom stereocenters. The molecule has 0 radical (unpaired) electrons. The van der Waals surface area contributed by atoms with Gasteiger partial charge in [-0.15, -0.1) is 0 Å². The van der Waals surface area contributed by atoms with E-state index in [1.165, 1.54) is 22.8 Å². The fraction of sp³-hybridized carbons (Fsp3) is 0.143. The average Bonchev–Trinajstić information content (AvgIpc) is 2.78. The molecule has 3 heteroatoms. The minimum absolute atomic E-state index is 0.125. The lowest BCUT2D eigenvalue weighted by Gasteiger charge is -2.23. The number of rotatable bonds is 0. The normalized spacial score (nSPS) is 14.8. The molecular formula is C28H20O3. The van der Waals surface area contributed by atoms with Gasteiger partial charge in [0.05, 0.1) is 5.56 Å². The molecule has 0 spiro atoms. The summed E-state index contributed by atoms with van der Waals surface area (Å²) in [5.41, 5.74) is 6.09. The van der Waals surface area contributed by atoms with Crippen molar-refractivity contribution in [3.63, 3.8) is 0 Å². The van der Waals surface area contributed by atoms with Crippen LogP contribution in [0.2, 0.25) is 0 Å². The monoisotopic (exact) mass is 404 g/mol. The molecule has 31 heavy (non-hydrogen) atoms.